The van der Waals surface area contributed by atoms with Crippen molar-refractivity contribution < 1.29 is 19.1 Å². The Labute approximate surface area is 194 Å². The highest BCUT2D eigenvalue weighted by Gasteiger charge is 2.19. The third-order valence-electron chi connectivity index (χ3n) is 4.34. The van der Waals surface area contributed by atoms with Gasteiger partial charge < -0.3 is 14.8 Å². The monoisotopic (exact) mass is 478 g/mol. The molecule has 0 aliphatic heterocycles. The predicted octanol–water partition coefficient (Wildman–Crippen LogP) is 6.11. The second-order valence-electron chi connectivity index (χ2n) is 6.49. The molecule has 0 bridgehead atoms. The molecule has 1 aromatic heterocycles. The number of nitrogens with zero attached hydrogens (tertiary/aromatic N) is 1. The maximum Gasteiger partial charge on any atom is 0.337 e. The molecule has 1 heterocycles. The Kier molecular flexibility index (Phi) is 7.38. The number of esters is 1. The molecular weight excluding hydrogens is 463 g/mol. The van der Waals surface area contributed by atoms with E-state index in [4.69, 9.17) is 39.5 Å². The van der Waals surface area contributed by atoms with Crippen molar-refractivity contribution in [1.82, 2.24) is 10.3 Å². The van der Waals surface area contributed by atoms with Crippen LogP contribution in [-0.4, -0.2) is 24.0 Å². The zero-order chi connectivity index (χ0) is 22.5. The van der Waals surface area contributed by atoms with Crippen LogP contribution < -0.4 is 10.1 Å². The van der Waals surface area contributed by atoms with Crippen LogP contribution in [0, 0.1) is 0 Å². The summed E-state index contributed by atoms with van der Waals surface area (Å²) in [4.78, 5) is 28.6. The first-order valence-electron chi connectivity index (χ1n) is 9.06. The number of aromatic nitrogens is 1. The number of amides is 1. The fraction of sp³-hybridized carbons (Fsp3) is 0.136. The largest absolute Gasteiger partial charge is 0.465 e. The Hall–Kier alpha value is -2.80. The maximum atomic E-state index is 12.9. The van der Waals surface area contributed by atoms with Gasteiger partial charge >= 0.3 is 5.97 Å². The topological polar surface area (TPSA) is 77.5 Å². The van der Waals surface area contributed by atoms with Crippen LogP contribution in [-0.2, 0) is 4.74 Å². The highest BCUT2D eigenvalue weighted by atomic mass is 35.5. The van der Waals surface area contributed by atoms with Gasteiger partial charge in [0.1, 0.15) is 11.3 Å². The molecule has 6 nitrogen and oxygen atoms in total. The van der Waals surface area contributed by atoms with Crippen molar-refractivity contribution in [2.75, 3.05) is 7.11 Å². The molecule has 1 amide bonds. The molecule has 1 atom stereocenters. The Bertz CT molecular complexity index is 1120. The normalized spacial score (nSPS) is 11.5. The summed E-state index contributed by atoms with van der Waals surface area (Å²) in [5, 5.41) is 3.86. The van der Waals surface area contributed by atoms with Crippen LogP contribution in [0.2, 0.25) is 15.1 Å². The molecule has 0 aliphatic rings. The fourth-order valence-electron chi connectivity index (χ4n) is 2.71. The van der Waals surface area contributed by atoms with Gasteiger partial charge in [0.25, 0.3) is 5.91 Å². The van der Waals surface area contributed by atoms with Crippen molar-refractivity contribution in [2.24, 2.45) is 0 Å². The Morgan fingerprint density at radius 3 is 2.39 bits per heavy atom. The number of benzene rings is 2. The summed E-state index contributed by atoms with van der Waals surface area (Å²) in [7, 11) is 1.31. The molecule has 0 saturated carbocycles. The SMILES string of the molecule is COC(=O)c1ccc([C@H](C)NC(=O)c2cc(Cl)cnc2Oc2cc(Cl)ccc2Cl)cc1. The molecule has 0 fully saturated rings. The van der Waals surface area contributed by atoms with Crippen molar-refractivity contribution in [3.8, 4) is 11.6 Å². The van der Waals surface area contributed by atoms with E-state index < -0.39 is 11.9 Å². The number of hydrogen-bond acceptors (Lipinski definition) is 5. The number of ether oxygens (including phenoxy) is 2. The van der Waals surface area contributed by atoms with E-state index in [0.29, 0.717) is 15.6 Å². The first-order chi connectivity index (χ1) is 14.8. The minimum Gasteiger partial charge on any atom is -0.465 e. The lowest BCUT2D eigenvalue weighted by Crippen LogP contribution is -2.27. The lowest BCUT2D eigenvalue weighted by molar-refractivity contribution is 0.0600. The molecule has 0 radical (unpaired) electrons. The predicted molar refractivity (Wildman–Crippen MR) is 119 cm³/mol. The molecule has 9 heteroatoms. The van der Waals surface area contributed by atoms with Crippen LogP contribution in [0.3, 0.4) is 0 Å². The molecule has 3 aromatic rings. The molecule has 160 valence electrons. The van der Waals surface area contributed by atoms with Gasteiger partial charge in [-0.25, -0.2) is 9.78 Å². The zero-order valence-electron chi connectivity index (χ0n) is 16.5. The van der Waals surface area contributed by atoms with Crippen LogP contribution in [0.15, 0.2) is 54.7 Å². The number of carbonyl (C=O) groups is 2. The summed E-state index contributed by atoms with van der Waals surface area (Å²) in [6, 6.07) is 12.5. The highest BCUT2D eigenvalue weighted by Crippen LogP contribution is 2.33. The number of hydrogen-bond donors (Lipinski definition) is 1. The number of halogens is 3. The van der Waals surface area contributed by atoms with E-state index in [1.165, 1.54) is 25.4 Å². The van der Waals surface area contributed by atoms with Crippen LogP contribution in [0.5, 0.6) is 11.6 Å². The van der Waals surface area contributed by atoms with Crippen molar-refractivity contribution >= 4 is 46.7 Å². The molecule has 2 aromatic carbocycles. The maximum absolute atomic E-state index is 12.9. The van der Waals surface area contributed by atoms with Gasteiger partial charge in [-0.1, -0.05) is 46.9 Å². The minimum absolute atomic E-state index is 0.0271. The first-order valence-corrected chi connectivity index (χ1v) is 10.2. The Morgan fingerprint density at radius 1 is 1.00 bits per heavy atom. The number of rotatable bonds is 6. The van der Waals surface area contributed by atoms with Gasteiger partial charge in [0.2, 0.25) is 5.88 Å². The Morgan fingerprint density at radius 2 is 1.71 bits per heavy atom. The number of pyridine rings is 1. The average Bonchev–Trinajstić information content (AvgIpc) is 2.76. The summed E-state index contributed by atoms with van der Waals surface area (Å²) in [6.45, 7) is 1.80. The van der Waals surface area contributed by atoms with E-state index in [2.05, 4.69) is 15.0 Å². The summed E-state index contributed by atoms with van der Waals surface area (Å²) in [5.41, 5.74) is 1.33. The van der Waals surface area contributed by atoms with E-state index in [1.807, 2.05) is 0 Å². The second kappa shape index (κ2) is 10.0. The third-order valence-corrected chi connectivity index (χ3v) is 5.10. The lowest BCUT2D eigenvalue weighted by atomic mass is 10.1. The number of methoxy groups -OCH3 is 1. The Balaban J connectivity index is 1.81. The van der Waals surface area contributed by atoms with E-state index in [0.717, 1.165) is 5.56 Å². The fourth-order valence-corrected chi connectivity index (χ4v) is 3.19. The summed E-state index contributed by atoms with van der Waals surface area (Å²) >= 11 is 18.2. The second-order valence-corrected chi connectivity index (χ2v) is 7.77. The van der Waals surface area contributed by atoms with Gasteiger partial charge in [0, 0.05) is 17.3 Å². The van der Waals surface area contributed by atoms with E-state index in [9.17, 15) is 9.59 Å². The number of nitrogens with one attached hydrogen (secondary N) is 1. The third kappa shape index (κ3) is 5.67. The van der Waals surface area contributed by atoms with E-state index in [-0.39, 0.29) is 28.3 Å². The standard InChI is InChI=1S/C22H17Cl3N2O4/c1-12(13-3-5-14(6-4-13)22(29)30-2)27-20(28)17-9-16(24)11-26-21(17)31-19-10-15(23)7-8-18(19)25/h3-12H,1-2H3,(H,27,28)/t12-/m0/s1. The summed E-state index contributed by atoms with van der Waals surface area (Å²) < 4.78 is 10.4. The van der Waals surface area contributed by atoms with Gasteiger partial charge in [-0.15, -0.1) is 0 Å². The van der Waals surface area contributed by atoms with Gasteiger partial charge in [-0.3, -0.25) is 4.79 Å². The van der Waals surface area contributed by atoms with Gasteiger partial charge in [0.15, 0.2) is 0 Å². The van der Waals surface area contributed by atoms with Crippen molar-refractivity contribution in [1.29, 1.82) is 0 Å². The van der Waals surface area contributed by atoms with E-state index in [1.54, 1.807) is 43.3 Å². The average molecular weight is 480 g/mol. The minimum atomic E-state index is -0.451. The van der Waals surface area contributed by atoms with Gasteiger partial charge in [-0.05, 0) is 42.8 Å². The highest BCUT2D eigenvalue weighted by molar-refractivity contribution is 6.34. The van der Waals surface area contributed by atoms with Crippen molar-refractivity contribution in [2.45, 2.75) is 13.0 Å². The van der Waals surface area contributed by atoms with Crippen LogP contribution in [0.25, 0.3) is 0 Å². The lowest BCUT2D eigenvalue weighted by Gasteiger charge is -2.16. The molecule has 0 spiro atoms. The molecule has 1 N–H and O–H groups in total. The molecule has 0 saturated heterocycles. The van der Waals surface area contributed by atoms with Crippen molar-refractivity contribution in [3.05, 3.63) is 86.5 Å². The molecule has 3 rings (SSSR count). The summed E-state index contributed by atoms with van der Waals surface area (Å²) in [6.07, 6.45) is 1.36. The van der Waals surface area contributed by atoms with E-state index >= 15 is 0 Å². The summed E-state index contributed by atoms with van der Waals surface area (Å²) in [5.74, 6) is -0.605. The first kappa shape index (κ1) is 22.9. The van der Waals surface area contributed by atoms with Crippen molar-refractivity contribution in [3.63, 3.8) is 0 Å². The van der Waals surface area contributed by atoms with Gasteiger partial charge in [-0.2, -0.15) is 0 Å². The van der Waals surface area contributed by atoms with Crippen LogP contribution in [0.4, 0.5) is 0 Å². The van der Waals surface area contributed by atoms with Crippen LogP contribution >= 0.6 is 34.8 Å². The van der Waals surface area contributed by atoms with Crippen LogP contribution in [0.1, 0.15) is 39.2 Å². The molecule has 0 unspecified atom stereocenters. The molecule has 31 heavy (non-hydrogen) atoms. The molecule has 0 aliphatic carbocycles. The smallest absolute Gasteiger partial charge is 0.337 e. The number of carbonyl (C=O) groups excluding carboxylic acids is 2. The van der Waals surface area contributed by atoms with Gasteiger partial charge in [0.05, 0.1) is 28.8 Å². The zero-order valence-corrected chi connectivity index (χ0v) is 18.8. The quantitative estimate of drug-likeness (QED) is 0.431. The molecular formula is C22H17Cl3N2O4.